The van der Waals surface area contributed by atoms with Gasteiger partial charge in [0.1, 0.15) is 5.75 Å². The van der Waals surface area contributed by atoms with Crippen LogP contribution in [0.4, 0.5) is 0 Å². The predicted octanol–water partition coefficient (Wildman–Crippen LogP) is 3.17. The number of halogens is 1. The minimum Gasteiger partial charge on any atom is -0.493 e. The normalized spacial score (nSPS) is 26.0. The fourth-order valence-electron chi connectivity index (χ4n) is 2.99. The zero-order valence-corrected chi connectivity index (χ0v) is 12.6. The van der Waals surface area contributed by atoms with Crippen LogP contribution in [0.25, 0.3) is 0 Å². The Kier molecular flexibility index (Phi) is 4.10. The van der Waals surface area contributed by atoms with Crippen molar-refractivity contribution in [3.8, 4) is 5.75 Å². The number of rotatable bonds is 3. The second kappa shape index (κ2) is 5.81. The summed E-state index contributed by atoms with van der Waals surface area (Å²) < 4.78 is 12.9. The number of hydrogen-bond donors (Lipinski definition) is 1. The first-order chi connectivity index (χ1) is 9.22. The summed E-state index contributed by atoms with van der Waals surface area (Å²) in [6.07, 6.45) is 5.73. The molecule has 0 bridgehead atoms. The van der Waals surface area contributed by atoms with Crippen LogP contribution in [0.2, 0.25) is 0 Å². The van der Waals surface area contributed by atoms with Crippen LogP contribution in [-0.4, -0.2) is 18.8 Å². The molecule has 0 spiro atoms. The Bertz CT molecular complexity index is 464. The molecule has 4 heteroatoms. The third-order valence-corrected chi connectivity index (χ3v) is 4.42. The van der Waals surface area contributed by atoms with Crippen molar-refractivity contribution < 1.29 is 9.47 Å². The van der Waals surface area contributed by atoms with E-state index in [2.05, 4.69) is 28.1 Å². The van der Waals surface area contributed by atoms with Gasteiger partial charge in [-0.1, -0.05) is 15.9 Å². The van der Waals surface area contributed by atoms with Crippen molar-refractivity contribution in [3.05, 3.63) is 27.7 Å². The lowest BCUT2D eigenvalue weighted by Gasteiger charge is -2.27. The van der Waals surface area contributed by atoms with Gasteiger partial charge < -0.3 is 15.2 Å². The van der Waals surface area contributed by atoms with E-state index in [9.17, 15) is 0 Å². The lowest BCUT2D eigenvalue weighted by Crippen LogP contribution is -2.32. The van der Waals surface area contributed by atoms with Gasteiger partial charge in [0.05, 0.1) is 19.3 Å². The Morgan fingerprint density at radius 2 is 2.26 bits per heavy atom. The number of nitrogens with two attached hydrogens (primary N) is 1. The highest BCUT2D eigenvalue weighted by atomic mass is 79.9. The number of fused-ring (bicyclic) bond motifs is 1. The van der Waals surface area contributed by atoms with Crippen molar-refractivity contribution in [1.82, 2.24) is 0 Å². The Morgan fingerprint density at radius 1 is 1.37 bits per heavy atom. The summed E-state index contributed by atoms with van der Waals surface area (Å²) >= 11 is 3.56. The van der Waals surface area contributed by atoms with Gasteiger partial charge in [0, 0.05) is 22.5 Å². The van der Waals surface area contributed by atoms with Gasteiger partial charge in [-0.3, -0.25) is 0 Å². The summed E-state index contributed by atoms with van der Waals surface area (Å²) in [5.41, 5.74) is 8.44. The quantitative estimate of drug-likeness (QED) is 0.928. The van der Waals surface area contributed by atoms with Gasteiger partial charge in [-0.25, -0.2) is 0 Å². The average Bonchev–Trinajstić information content (AvgIpc) is 2.84. The maximum absolute atomic E-state index is 6.04. The van der Waals surface area contributed by atoms with E-state index in [4.69, 9.17) is 15.2 Å². The average molecular weight is 326 g/mol. The molecule has 104 valence electrons. The van der Waals surface area contributed by atoms with E-state index in [0.29, 0.717) is 18.8 Å². The third kappa shape index (κ3) is 3.12. The molecule has 3 nitrogen and oxygen atoms in total. The zero-order valence-electron chi connectivity index (χ0n) is 11.0. The van der Waals surface area contributed by atoms with Gasteiger partial charge in [-0.15, -0.1) is 0 Å². The largest absolute Gasteiger partial charge is 0.493 e. The standard InChI is InChI=1S/C15H20BrNO2/c16-12-6-10-4-5-18-15(10)11(7-12)9-19-14-3-1-2-13(17)8-14/h6-7,13-14H,1-5,8-9,17H2. The fourth-order valence-corrected chi connectivity index (χ4v) is 3.55. The van der Waals surface area contributed by atoms with Crippen molar-refractivity contribution in [2.24, 2.45) is 5.73 Å². The van der Waals surface area contributed by atoms with Crippen LogP contribution in [-0.2, 0) is 17.8 Å². The highest BCUT2D eigenvalue weighted by molar-refractivity contribution is 9.10. The lowest BCUT2D eigenvalue weighted by atomic mass is 9.93. The van der Waals surface area contributed by atoms with Crippen molar-refractivity contribution in [2.75, 3.05) is 6.61 Å². The minimum absolute atomic E-state index is 0.305. The molecule has 19 heavy (non-hydrogen) atoms. The van der Waals surface area contributed by atoms with Crippen LogP contribution >= 0.6 is 15.9 Å². The van der Waals surface area contributed by atoms with Gasteiger partial charge in [-0.05, 0) is 43.4 Å². The Hall–Kier alpha value is -0.580. The number of hydrogen-bond acceptors (Lipinski definition) is 3. The van der Waals surface area contributed by atoms with E-state index in [1.807, 2.05) is 0 Å². The second-order valence-electron chi connectivity index (χ2n) is 5.51. The fraction of sp³-hybridized carbons (Fsp3) is 0.600. The van der Waals surface area contributed by atoms with E-state index in [1.165, 1.54) is 12.0 Å². The summed E-state index contributed by atoms with van der Waals surface area (Å²) in [6, 6.07) is 4.55. The zero-order chi connectivity index (χ0) is 13.2. The molecular formula is C15H20BrNO2. The summed E-state index contributed by atoms with van der Waals surface area (Å²) in [5.74, 6) is 1.03. The maximum atomic E-state index is 6.04. The van der Waals surface area contributed by atoms with E-state index in [1.54, 1.807) is 0 Å². The summed E-state index contributed by atoms with van der Waals surface area (Å²) in [5, 5.41) is 0. The molecule has 2 N–H and O–H groups in total. The lowest BCUT2D eigenvalue weighted by molar-refractivity contribution is 0.0114. The summed E-state index contributed by atoms with van der Waals surface area (Å²) in [4.78, 5) is 0. The molecule has 0 radical (unpaired) electrons. The molecule has 1 heterocycles. The molecule has 0 saturated heterocycles. The van der Waals surface area contributed by atoms with Crippen LogP contribution in [0, 0.1) is 0 Å². The smallest absolute Gasteiger partial charge is 0.128 e. The molecule has 0 aromatic heterocycles. The maximum Gasteiger partial charge on any atom is 0.128 e. The predicted molar refractivity (Wildman–Crippen MR) is 78.4 cm³/mol. The van der Waals surface area contributed by atoms with Crippen LogP contribution in [0.1, 0.15) is 36.8 Å². The Labute approximate surface area is 122 Å². The minimum atomic E-state index is 0.305. The summed E-state index contributed by atoms with van der Waals surface area (Å²) in [6.45, 7) is 1.41. The molecule has 1 aromatic carbocycles. The van der Waals surface area contributed by atoms with Crippen LogP contribution in [0.15, 0.2) is 16.6 Å². The molecule has 0 amide bonds. The Balaban J connectivity index is 1.67. The monoisotopic (exact) mass is 325 g/mol. The first kappa shape index (κ1) is 13.4. The van der Waals surface area contributed by atoms with E-state index >= 15 is 0 Å². The third-order valence-electron chi connectivity index (χ3n) is 3.97. The van der Waals surface area contributed by atoms with Gasteiger partial charge in [-0.2, -0.15) is 0 Å². The molecule has 1 aromatic rings. The second-order valence-corrected chi connectivity index (χ2v) is 6.43. The SMILES string of the molecule is NC1CCCC(OCc2cc(Br)cc3c2OCC3)C1. The van der Waals surface area contributed by atoms with E-state index < -0.39 is 0 Å². The highest BCUT2D eigenvalue weighted by Crippen LogP contribution is 2.34. The van der Waals surface area contributed by atoms with E-state index in [0.717, 1.165) is 48.1 Å². The van der Waals surface area contributed by atoms with Gasteiger partial charge in [0.15, 0.2) is 0 Å². The van der Waals surface area contributed by atoms with Crippen molar-refractivity contribution in [2.45, 2.75) is 50.9 Å². The molecule has 1 fully saturated rings. The molecule has 1 aliphatic heterocycles. The van der Waals surface area contributed by atoms with Crippen molar-refractivity contribution >= 4 is 15.9 Å². The molecule has 2 aliphatic rings. The van der Waals surface area contributed by atoms with Crippen molar-refractivity contribution in [1.29, 1.82) is 0 Å². The first-order valence-electron chi connectivity index (χ1n) is 7.03. The number of benzene rings is 1. The first-order valence-corrected chi connectivity index (χ1v) is 7.83. The molecular weight excluding hydrogens is 306 g/mol. The highest BCUT2D eigenvalue weighted by Gasteiger charge is 2.22. The van der Waals surface area contributed by atoms with Gasteiger partial charge in [0.2, 0.25) is 0 Å². The molecule has 3 rings (SSSR count). The van der Waals surface area contributed by atoms with Gasteiger partial charge in [0.25, 0.3) is 0 Å². The topological polar surface area (TPSA) is 44.5 Å². The van der Waals surface area contributed by atoms with Crippen LogP contribution in [0.3, 0.4) is 0 Å². The molecule has 1 aliphatic carbocycles. The number of ether oxygens (including phenoxy) is 2. The van der Waals surface area contributed by atoms with Crippen molar-refractivity contribution in [3.63, 3.8) is 0 Å². The van der Waals surface area contributed by atoms with Crippen LogP contribution in [0.5, 0.6) is 5.75 Å². The molecule has 2 unspecified atom stereocenters. The van der Waals surface area contributed by atoms with E-state index in [-0.39, 0.29) is 0 Å². The van der Waals surface area contributed by atoms with Gasteiger partial charge >= 0.3 is 0 Å². The Morgan fingerprint density at radius 3 is 3.11 bits per heavy atom. The van der Waals surface area contributed by atoms with Crippen LogP contribution < -0.4 is 10.5 Å². The molecule has 2 atom stereocenters. The summed E-state index contributed by atoms with van der Waals surface area (Å²) in [7, 11) is 0. The molecule has 1 saturated carbocycles.